The molecule has 1 aliphatic heterocycles. The number of benzene rings is 1. The molecule has 1 aromatic carbocycles. The van der Waals surface area contributed by atoms with Crippen molar-refractivity contribution in [2.45, 2.75) is 18.6 Å². The van der Waals surface area contributed by atoms with Crippen LogP contribution in [0.3, 0.4) is 0 Å². The van der Waals surface area contributed by atoms with E-state index in [0.29, 0.717) is 16.1 Å². The highest BCUT2D eigenvalue weighted by Gasteiger charge is 2.35. The molecule has 0 N–H and O–H groups in total. The lowest BCUT2D eigenvalue weighted by molar-refractivity contribution is 0.328. The second-order valence-corrected chi connectivity index (χ2v) is 4.67. The van der Waals surface area contributed by atoms with E-state index in [2.05, 4.69) is 26.0 Å². The van der Waals surface area contributed by atoms with Crippen LogP contribution in [0, 0.1) is 5.82 Å². The maximum atomic E-state index is 13.7. The molecule has 0 bridgehead atoms. The Morgan fingerprint density at radius 1 is 1.41 bits per heavy atom. The normalized spacial score (nSPS) is 22.8. The molecule has 0 amide bonds. The molecule has 88 valence electrons. The SMILES string of the molecule is Fc1cccc([C@@H]2C[C@H](F)c3nc(Br)nn32)c1. The Kier molecular flexibility index (Phi) is 2.47. The predicted molar refractivity (Wildman–Crippen MR) is 60.7 cm³/mol. The van der Waals surface area contributed by atoms with E-state index in [1.165, 1.54) is 16.8 Å². The van der Waals surface area contributed by atoms with E-state index in [1.54, 1.807) is 12.1 Å². The fourth-order valence-corrected chi connectivity index (χ4v) is 2.50. The van der Waals surface area contributed by atoms with Gasteiger partial charge in [0.2, 0.25) is 4.73 Å². The minimum atomic E-state index is -1.15. The highest BCUT2D eigenvalue weighted by atomic mass is 79.9. The fourth-order valence-electron chi connectivity index (χ4n) is 2.14. The van der Waals surface area contributed by atoms with Crippen molar-refractivity contribution in [3.05, 3.63) is 46.2 Å². The third-order valence-corrected chi connectivity index (χ3v) is 3.21. The molecule has 0 spiro atoms. The number of alkyl halides is 1. The minimum Gasteiger partial charge on any atom is -0.239 e. The van der Waals surface area contributed by atoms with Gasteiger partial charge >= 0.3 is 0 Å². The quantitative estimate of drug-likeness (QED) is 0.810. The summed E-state index contributed by atoms with van der Waals surface area (Å²) in [6.45, 7) is 0. The zero-order chi connectivity index (χ0) is 12.0. The molecule has 6 heteroatoms. The Morgan fingerprint density at radius 2 is 2.24 bits per heavy atom. The van der Waals surface area contributed by atoms with Crippen LogP contribution in [0.2, 0.25) is 0 Å². The lowest BCUT2D eigenvalue weighted by Gasteiger charge is -2.11. The number of fused-ring (bicyclic) bond motifs is 1. The second kappa shape index (κ2) is 3.87. The van der Waals surface area contributed by atoms with Crippen LogP contribution in [0.15, 0.2) is 29.0 Å². The van der Waals surface area contributed by atoms with Crippen molar-refractivity contribution in [3.8, 4) is 0 Å². The van der Waals surface area contributed by atoms with Gasteiger partial charge in [-0.2, -0.15) is 0 Å². The molecule has 2 heterocycles. The fraction of sp³-hybridized carbons (Fsp3) is 0.273. The number of hydrogen-bond acceptors (Lipinski definition) is 2. The number of halogens is 3. The number of rotatable bonds is 1. The maximum Gasteiger partial charge on any atom is 0.217 e. The molecule has 0 aliphatic carbocycles. The zero-order valence-corrected chi connectivity index (χ0v) is 10.2. The summed E-state index contributed by atoms with van der Waals surface area (Å²) < 4.78 is 28.8. The Hall–Kier alpha value is -1.30. The Morgan fingerprint density at radius 3 is 3.00 bits per heavy atom. The van der Waals surface area contributed by atoms with Gasteiger partial charge < -0.3 is 0 Å². The van der Waals surface area contributed by atoms with Crippen molar-refractivity contribution in [1.29, 1.82) is 0 Å². The van der Waals surface area contributed by atoms with E-state index in [0.717, 1.165) is 0 Å². The average molecular weight is 300 g/mol. The Labute approximate surface area is 105 Å². The van der Waals surface area contributed by atoms with Crippen molar-refractivity contribution in [3.63, 3.8) is 0 Å². The van der Waals surface area contributed by atoms with Gasteiger partial charge in [0, 0.05) is 6.42 Å². The van der Waals surface area contributed by atoms with E-state index in [-0.39, 0.29) is 18.3 Å². The van der Waals surface area contributed by atoms with Gasteiger partial charge in [0.1, 0.15) is 5.82 Å². The molecule has 0 saturated heterocycles. The van der Waals surface area contributed by atoms with Crippen molar-refractivity contribution >= 4 is 15.9 Å². The standard InChI is InChI=1S/C11H8BrF2N3/c12-11-15-10-8(14)5-9(17(10)16-11)6-2-1-3-7(13)4-6/h1-4,8-9H,5H2/t8-,9-/m0/s1. The van der Waals surface area contributed by atoms with Crippen LogP contribution in [0.5, 0.6) is 0 Å². The van der Waals surface area contributed by atoms with Gasteiger partial charge in [-0.15, -0.1) is 5.10 Å². The van der Waals surface area contributed by atoms with Crippen LogP contribution in [0.1, 0.15) is 30.0 Å². The lowest BCUT2D eigenvalue weighted by Crippen LogP contribution is -2.07. The Bertz CT molecular complexity index is 570. The van der Waals surface area contributed by atoms with Crippen LogP contribution in [-0.4, -0.2) is 14.8 Å². The predicted octanol–water partition coefficient (Wildman–Crippen LogP) is 3.18. The van der Waals surface area contributed by atoms with E-state index in [9.17, 15) is 8.78 Å². The van der Waals surface area contributed by atoms with Crippen LogP contribution < -0.4 is 0 Å². The number of nitrogens with zero attached hydrogens (tertiary/aromatic N) is 3. The van der Waals surface area contributed by atoms with E-state index < -0.39 is 6.17 Å². The van der Waals surface area contributed by atoms with Crippen LogP contribution >= 0.6 is 15.9 Å². The molecule has 17 heavy (non-hydrogen) atoms. The minimum absolute atomic E-state index is 0.256. The third kappa shape index (κ3) is 1.76. The Balaban J connectivity index is 2.06. The van der Waals surface area contributed by atoms with Crippen LogP contribution in [-0.2, 0) is 0 Å². The molecule has 0 fully saturated rings. The first-order chi connectivity index (χ1) is 8.15. The maximum absolute atomic E-state index is 13.7. The average Bonchev–Trinajstić information content (AvgIpc) is 2.79. The molecule has 2 aromatic rings. The third-order valence-electron chi connectivity index (χ3n) is 2.87. The van der Waals surface area contributed by atoms with Crippen LogP contribution in [0.25, 0.3) is 0 Å². The lowest BCUT2D eigenvalue weighted by atomic mass is 10.0. The first-order valence-electron chi connectivity index (χ1n) is 5.16. The highest BCUT2D eigenvalue weighted by Crippen LogP contribution is 2.39. The van der Waals surface area contributed by atoms with E-state index in [1.807, 2.05) is 0 Å². The van der Waals surface area contributed by atoms with Crippen molar-refractivity contribution in [1.82, 2.24) is 14.8 Å². The van der Waals surface area contributed by atoms with E-state index >= 15 is 0 Å². The number of aromatic nitrogens is 3. The topological polar surface area (TPSA) is 30.7 Å². The summed E-state index contributed by atoms with van der Waals surface area (Å²) in [5.74, 6) is -0.0309. The van der Waals surface area contributed by atoms with Gasteiger partial charge in [0.25, 0.3) is 0 Å². The van der Waals surface area contributed by atoms with Gasteiger partial charge in [0.15, 0.2) is 12.0 Å². The summed E-state index contributed by atoms with van der Waals surface area (Å²) in [7, 11) is 0. The summed E-state index contributed by atoms with van der Waals surface area (Å²) in [6, 6.07) is 5.87. The summed E-state index contributed by atoms with van der Waals surface area (Å²) in [5.41, 5.74) is 0.712. The van der Waals surface area contributed by atoms with Gasteiger partial charge in [0.05, 0.1) is 6.04 Å². The second-order valence-electron chi connectivity index (χ2n) is 3.96. The van der Waals surface area contributed by atoms with Crippen LogP contribution in [0.4, 0.5) is 8.78 Å². The highest BCUT2D eigenvalue weighted by molar-refractivity contribution is 9.10. The van der Waals surface area contributed by atoms with Crippen molar-refractivity contribution in [2.24, 2.45) is 0 Å². The molecular formula is C11H8BrF2N3. The summed E-state index contributed by atoms with van der Waals surface area (Å²) >= 11 is 3.12. The monoisotopic (exact) mass is 299 g/mol. The van der Waals surface area contributed by atoms with Crippen molar-refractivity contribution < 1.29 is 8.78 Å². The summed E-state index contributed by atoms with van der Waals surface area (Å²) in [6.07, 6.45) is -0.895. The molecule has 0 saturated carbocycles. The van der Waals surface area contributed by atoms with E-state index in [4.69, 9.17) is 0 Å². The number of hydrogen-bond donors (Lipinski definition) is 0. The van der Waals surface area contributed by atoms with Gasteiger partial charge in [-0.05, 0) is 33.6 Å². The molecule has 1 aliphatic rings. The molecule has 3 nitrogen and oxygen atoms in total. The first-order valence-corrected chi connectivity index (χ1v) is 5.96. The molecular weight excluding hydrogens is 292 g/mol. The smallest absolute Gasteiger partial charge is 0.217 e. The molecule has 1 aromatic heterocycles. The largest absolute Gasteiger partial charge is 0.239 e. The molecule has 0 unspecified atom stereocenters. The summed E-state index contributed by atoms with van der Waals surface area (Å²) in [4.78, 5) is 3.97. The van der Waals surface area contributed by atoms with Gasteiger partial charge in [-0.1, -0.05) is 12.1 Å². The first kappa shape index (κ1) is 10.8. The van der Waals surface area contributed by atoms with Gasteiger partial charge in [-0.3, -0.25) is 0 Å². The summed E-state index contributed by atoms with van der Waals surface area (Å²) in [5, 5.41) is 4.09. The van der Waals surface area contributed by atoms with Crippen molar-refractivity contribution in [2.75, 3.05) is 0 Å². The molecule has 2 atom stereocenters. The zero-order valence-electron chi connectivity index (χ0n) is 8.65. The molecule has 0 radical (unpaired) electrons. The molecule has 3 rings (SSSR count). The van der Waals surface area contributed by atoms with Gasteiger partial charge in [-0.25, -0.2) is 18.4 Å².